The molecular weight excluding hydrogens is 118 g/mol. The van der Waals surface area contributed by atoms with Crippen LogP contribution in [0, 0.1) is 0 Å². The summed E-state index contributed by atoms with van der Waals surface area (Å²) in [6.07, 6.45) is 1.35. The zero-order valence-electron chi connectivity index (χ0n) is 5.55. The van der Waals surface area contributed by atoms with Crippen molar-refractivity contribution in [1.29, 1.82) is 0 Å². The molecule has 2 nitrogen and oxygen atoms in total. The summed E-state index contributed by atoms with van der Waals surface area (Å²) >= 11 is 0. The van der Waals surface area contributed by atoms with Crippen molar-refractivity contribution in [3.8, 4) is 0 Å². The van der Waals surface area contributed by atoms with Gasteiger partial charge < -0.3 is 8.99 Å². The van der Waals surface area contributed by atoms with Gasteiger partial charge in [-0.15, -0.1) is 0 Å². The molecule has 1 fully saturated rings. The molecule has 1 atom stereocenters. The Kier molecular flexibility index (Phi) is 2.05. The first-order chi connectivity index (χ1) is 3.84. The van der Waals surface area contributed by atoms with E-state index in [1.807, 2.05) is 7.11 Å². The van der Waals surface area contributed by atoms with Crippen LogP contribution in [-0.4, -0.2) is 34.5 Å². The Balaban J connectivity index is 2.30. The van der Waals surface area contributed by atoms with E-state index in [1.54, 1.807) is 0 Å². The molecule has 0 aromatic carbocycles. The third kappa shape index (κ3) is 1.10. The molecule has 0 radical (unpaired) electrons. The second-order valence-electron chi connectivity index (χ2n) is 2.31. The minimum absolute atomic E-state index is 0.821. The van der Waals surface area contributed by atoms with E-state index >= 15 is 0 Å². The molecule has 0 amide bonds. The minimum Gasteiger partial charge on any atom is -0.409 e. The Labute approximate surface area is 52.2 Å². The van der Waals surface area contributed by atoms with Gasteiger partial charge in [-0.1, -0.05) is 0 Å². The van der Waals surface area contributed by atoms with Crippen LogP contribution < -0.4 is 0 Å². The van der Waals surface area contributed by atoms with Crippen LogP contribution in [0.3, 0.4) is 0 Å². The van der Waals surface area contributed by atoms with Gasteiger partial charge in [0.1, 0.15) is 0 Å². The predicted molar refractivity (Wildman–Crippen MR) is 36.2 cm³/mol. The van der Waals surface area contributed by atoms with E-state index in [4.69, 9.17) is 4.43 Å². The third-order valence-corrected chi connectivity index (χ3v) is 4.41. The number of hydrogen-bond acceptors (Lipinski definition) is 2. The van der Waals surface area contributed by atoms with Gasteiger partial charge in [-0.25, -0.2) is 0 Å². The molecule has 0 bridgehead atoms. The normalized spacial score (nSPS) is 31.5. The van der Waals surface area contributed by atoms with Crippen molar-refractivity contribution in [3.05, 3.63) is 0 Å². The maximum absolute atomic E-state index is 5.29. The summed E-state index contributed by atoms with van der Waals surface area (Å²) in [4.78, 5) is 0. The number of nitrogens with zero attached hydrogens (tertiary/aromatic N) is 1. The first-order valence-electron chi connectivity index (χ1n) is 3.07. The van der Waals surface area contributed by atoms with Gasteiger partial charge in [-0.3, -0.25) is 0 Å². The highest BCUT2D eigenvalue weighted by atomic mass is 28.3. The van der Waals surface area contributed by atoms with Crippen LogP contribution in [0.25, 0.3) is 0 Å². The van der Waals surface area contributed by atoms with E-state index in [2.05, 4.69) is 11.6 Å². The van der Waals surface area contributed by atoms with Crippen molar-refractivity contribution in [2.24, 2.45) is 0 Å². The van der Waals surface area contributed by atoms with E-state index < -0.39 is 9.20 Å². The van der Waals surface area contributed by atoms with Crippen LogP contribution >= 0.6 is 0 Å². The largest absolute Gasteiger partial charge is 0.409 e. The summed E-state index contributed by atoms with van der Waals surface area (Å²) in [6.45, 7) is 1.25. The summed E-state index contributed by atoms with van der Waals surface area (Å²) in [6, 6.07) is 1.34. The standard InChI is InChI=1S/C5H13NOSi/c1-6-4-3-5-8(6)7-2/h8H,3-5H2,1-2H3. The summed E-state index contributed by atoms with van der Waals surface area (Å²) in [5.74, 6) is 0. The highest BCUT2D eigenvalue weighted by Crippen LogP contribution is 2.11. The molecule has 1 aliphatic rings. The van der Waals surface area contributed by atoms with Gasteiger partial charge in [-0.2, -0.15) is 0 Å². The first-order valence-corrected chi connectivity index (χ1v) is 4.88. The fourth-order valence-electron chi connectivity index (χ4n) is 1.18. The van der Waals surface area contributed by atoms with Gasteiger partial charge in [0.15, 0.2) is 0 Å². The molecule has 0 saturated carbocycles. The summed E-state index contributed by atoms with van der Waals surface area (Å²) in [5, 5.41) is 0. The second kappa shape index (κ2) is 2.62. The lowest BCUT2D eigenvalue weighted by atomic mass is 10.5. The molecule has 1 heterocycles. The van der Waals surface area contributed by atoms with Crippen LogP contribution in [0.2, 0.25) is 6.04 Å². The highest BCUT2D eigenvalue weighted by molar-refractivity contribution is 6.49. The van der Waals surface area contributed by atoms with Crippen molar-refractivity contribution in [2.75, 3.05) is 20.7 Å². The fraction of sp³-hybridized carbons (Fsp3) is 1.00. The summed E-state index contributed by atoms with van der Waals surface area (Å²) < 4.78 is 7.66. The smallest absolute Gasteiger partial charge is 0.254 e. The molecule has 1 saturated heterocycles. The quantitative estimate of drug-likeness (QED) is 0.471. The van der Waals surface area contributed by atoms with Crippen LogP contribution in [0.15, 0.2) is 0 Å². The molecule has 48 valence electrons. The summed E-state index contributed by atoms with van der Waals surface area (Å²) in [5.41, 5.74) is 0. The van der Waals surface area contributed by atoms with Crippen molar-refractivity contribution in [3.63, 3.8) is 0 Å². The molecule has 0 spiro atoms. The predicted octanol–water partition coefficient (Wildman–Crippen LogP) is 0.189. The molecule has 1 rings (SSSR count). The first kappa shape index (κ1) is 6.26. The Morgan fingerprint density at radius 3 is 2.62 bits per heavy atom. The molecular formula is C5H13NOSi. The van der Waals surface area contributed by atoms with Crippen molar-refractivity contribution >= 4 is 9.20 Å². The van der Waals surface area contributed by atoms with Crippen LogP contribution in [-0.2, 0) is 4.43 Å². The monoisotopic (exact) mass is 131 g/mol. The van der Waals surface area contributed by atoms with Crippen molar-refractivity contribution < 1.29 is 4.43 Å². The van der Waals surface area contributed by atoms with Gasteiger partial charge in [0, 0.05) is 7.11 Å². The fourth-order valence-corrected chi connectivity index (χ4v) is 3.22. The SMILES string of the molecule is CO[SiH]1CCCN1C. The zero-order valence-corrected chi connectivity index (χ0v) is 6.71. The van der Waals surface area contributed by atoms with E-state index in [-0.39, 0.29) is 0 Å². The van der Waals surface area contributed by atoms with Crippen LogP contribution in [0.4, 0.5) is 0 Å². The van der Waals surface area contributed by atoms with Gasteiger partial charge in [0.25, 0.3) is 9.20 Å². The van der Waals surface area contributed by atoms with E-state index in [0.29, 0.717) is 0 Å². The topological polar surface area (TPSA) is 12.5 Å². The van der Waals surface area contributed by atoms with Gasteiger partial charge in [0.05, 0.1) is 0 Å². The lowest BCUT2D eigenvalue weighted by molar-refractivity contribution is 0.366. The Morgan fingerprint density at radius 1 is 1.62 bits per heavy atom. The number of rotatable bonds is 1. The van der Waals surface area contributed by atoms with Crippen LogP contribution in [0.1, 0.15) is 6.42 Å². The minimum atomic E-state index is -0.821. The molecule has 1 aliphatic heterocycles. The molecule has 8 heavy (non-hydrogen) atoms. The third-order valence-electron chi connectivity index (χ3n) is 1.73. The average molecular weight is 131 g/mol. The average Bonchev–Trinajstić information content (AvgIpc) is 2.14. The highest BCUT2D eigenvalue weighted by Gasteiger charge is 2.21. The molecule has 3 heteroatoms. The molecule has 0 aliphatic carbocycles. The second-order valence-corrected chi connectivity index (χ2v) is 5.15. The summed E-state index contributed by atoms with van der Waals surface area (Å²) in [7, 11) is 3.17. The van der Waals surface area contributed by atoms with Gasteiger partial charge in [0.2, 0.25) is 0 Å². The number of hydrogen-bond donors (Lipinski definition) is 0. The maximum Gasteiger partial charge on any atom is 0.254 e. The van der Waals surface area contributed by atoms with Gasteiger partial charge >= 0.3 is 0 Å². The Bertz CT molecular complexity index is 78.8. The lowest BCUT2D eigenvalue weighted by Crippen LogP contribution is -2.31. The van der Waals surface area contributed by atoms with Crippen molar-refractivity contribution in [1.82, 2.24) is 4.57 Å². The molecule has 0 aromatic rings. The van der Waals surface area contributed by atoms with Gasteiger partial charge in [-0.05, 0) is 26.1 Å². The Hall–Kier alpha value is 0.137. The zero-order chi connectivity index (χ0) is 5.98. The van der Waals surface area contributed by atoms with E-state index in [0.717, 1.165) is 0 Å². The Morgan fingerprint density at radius 2 is 2.38 bits per heavy atom. The molecule has 0 N–H and O–H groups in total. The molecule has 1 unspecified atom stereocenters. The van der Waals surface area contributed by atoms with E-state index in [9.17, 15) is 0 Å². The van der Waals surface area contributed by atoms with E-state index in [1.165, 1.54) is 19.0 Å². The lowest BCUT2D eigenvalue weighted by Gasteiger charge is -2.14. The molecule has 0 aromatic heterocycles. The van der Waals surface area contributed by atoms with Crippen molar-refractivity contribution in [2.45, 2.75) is 12.5 Å². The maximum atomic E-state index is 5.29. The van der Waals surface area contributed by atoms with Crippen LogP contribution in [0.5, 0.6) is 0 Å².